The Morgan fingerprint density at radius 3 is 2.38 bits per heavy atom. The predicted molar refractivity (Wildman–Crippen MR) is 82.8 cm³/mol. The fourth-order valence-corrected chi connectivity index (χ4v) is 2.71. The molecule has 2 atom stereocenters. The third-order valence-corrected chi connectivity index (χ3v) is 3.88. The summed E-state index contributed by atoms with van der Waals surface area (Å²) in [6.45, 7) is 9.42. The van der Waals surface area contributed by atoms with Gasteiger partial charge < -0.3 is 15.0 Å². The topological polar surface area (TPSA) is 58.6 Å². The molecule has 0 bridgehead atoms. The number of nitrogens with one attached hydrogen (secondary N) is 1. The molecule has 21 heavy (non-hydrogen) atoms. The lowest BCUT2D eigenvalue weighted by atomic mass is 9.93. The molecule has 0 spiro atoms. The van der Waals surface area contributed by atoms with Crippen molar-refractivity contribution in [1.82, 2.24) is 10.2 Å². The van der Waals surface area contributed by atoms with Crippen molar-refractivity contribution in [2.45, 2.75) is 59.0 Å². The summed E-state index contributed by atoms with van der Waals surface area (Å²) >= 11 is 0. The van der Waals surface area contributed by atoms with Gasteiger partial charge in [-0.2, -0.15) is 0 Å². The molecule has 0 radical (unpaired) electrons. The van der Waals surface area contributed by atoms with Crippen molar-refractivity contribution in [3.63, 3.8) is 0 Å². The number of hydrogen-bond acceptors (Lipinski definition) is 3. The summed E-state index contributed by atoms with van der Waals surface area (Å²) in [5.74, 6) is 0.551. The van der Waals surface area contributed by atoms with Gasteiger partial charge in [-0.05, 0) is 31.1 Å². The van der Waals surface area contributed by atoms with Crippen molar-refractivity contribution in [1.29, 1.82) is 0 Å². The highest BCUT2D eigenvalue weighted by Crippen LogP contribution is 2.21. The summed E-state index contributed by atoms with van der Waals surface area (Å²) in [6.07, 6.45) is 2.49. The maximum atomic E-state index is 12.6. The lowest BCUT2D eigenvalue weighted by Gasteiger charge is -2.41. The Labute approximate surface area is 128 Å². The average Bonchev–Trinajstić information content (AvgIpc) is 2.40. The molecule has 1 N–H and O–H groups in total. The van der Waals surface area contributed by atoms with E-state index < -0.39 is 0 Å². The minimum absolute atomic E-state index is 0.00579. The average molecular weight is 298 g/mol. The smallest absolute Gasteiger partial charge is 0.246 e. The van der Waals surface area contributed by atoms with Crippen LogP contribution in [-0.2, 0) is 14.3 Å². The molecule has 1 rings (SSSR count). The number of rotatable bonds is 8. The molecule has 2 amide bonds. The van der Waals surface area contributed by atoms with Crippen LogP contribution in [0.15, 0.2) is 0 Å². The molecule has 1 heterocycles. The van der Waals surface area contributed by atoms with Crippen molar-refractivity contribution in [2.75, 3.05) is 20.3 Å². The van der Waals surface area contributed by atoms with Crippen LogP contribution in [0.3, 0.4) is 0 Å². The molecule has 0 saturated carbocycles. The van der Waals surface area contributed by atoms with Gasteiger partial charge in [0.05, 0.1) is 0 Å². The molecule has 5 heteroatoms. The first-order chi connectivity index (χ1) is 9.88. The summed E-state index contributed by atoms with van der Waals surface area (Å²) in [7, 11) is 1.68. The quantitative estimate of drug-likeness (QED) is 0.695. The first-order valence-electron chi connectivity index (χ1n) is 7.98. The molecule has 122 valence electrons. The summed E-state index contributed by atoms with van der Waals surface area (Å²) in [5, 5.41) is 2.90. The molecule has 1 saturated heterocycles. The Balaban J connectivity index is 2.79. The van der Waals surface area contributed by atoms with E-state index >= 15 is 0 Å². The van der Waals surface area contributed by atoms with Crippen LogP contribution in [0.4, 0.5) is 0 Å². The van der Waals surface area contributed by atoms with Crippen LogP contribution in [0.2, 0.25) is 0 Å². The molecule has 0 aromatic heterocycles. The van der Waals surface area contributed by atoms with Crippen molar-refractivity contribution in [3.05, 3.63) is 0 Å². The van der Waals surface area contributed by atoms with E-state index in [1.165, 1.54) is 0 Å². The van der Waals surface area contributed by atoms with Gasteiger partial charge in [0.1, 0.15) is 12.1 Å². The number of carbonyl (C=O) groups is 2. The Bertz CT molecular complexity index is 355. The molecule has 0 aliphatic carbocycles. The number of methoxy groups -OCH3 is 1. The number of carbonyl (C=O) groups excluding carboxylic acids is 2. The molecule has 0 aromatic carbocycles. The Kier molecular flexibility index (Phi) is 7.15. The van der Waals surface area contributed by atoms with Gasteiger partial charge in [-0.1, -0.05) is 27.7 Å². The van der Waals surface area contributed by atoms with E-state index in [0.717, 1.165) is 12.8 Å². The highest BCUT2D eigenvalue weighted by molar-refractivity contribution is 5.97. The predicted octanol–water partition coefficient (Wildman–Crippen LogP) is 1.81. The molecule has 1 fully saturated rings. The van der Waals surface area contributed by atoms with Crippen LogP contribution in [0, 0.1) is 11.8 Å². The van der Waals surface area contributed by atoms with Crippen LogP contribution in [-0.4, -0.2) is 49.1 Å². The van der Waals surface area contributed by atoms with Crippen LogP contribution < -0.4 is 5.32 Å². The van der Waals surface area contributed by atoms with E-state index in [9.17, 15) is 9.59 Å². The second-order valence-corrected chi connectivity index (χ2v) is 6.61. The number of ether oxygens (including phenoxy) is 1. The maximum Gasteiger partial charge on any atom is 0.246 e. The fraction of sp³-hybridized carbons (Fsp3) is 0.875. The van der Waals surface area contributed by atoms with Crippen LogP contribution >= 0.6 is 0 Å². The zero-order valence-electron chi connectivity index (χ0n) is 14.0. The first kappa shape index (κ1) is 18.0. The monoisotopic (exact) mass is 298 g/mol. The lowest BCUT2D eigenvalue weighted by molar-refractivity contribution is -0.151. The highest BCUT2D eigenvalue weighted by atomic mass is 16.5. The fourth-order valence-electron chi connectivity index (χ4n) is 2.71. The maximum absolute atomic E-state index is 12.6. The number of unbranched alkanes of at least 4 members (excludes halogenated alkanes) is 1. The molecular formula is C16H30N2O3. The number of hydrogen-bond donors (Lipinski definition) is 1. The third kappa shape index (κ3) is 4.99. The van der Waals surface area contributed by atoms with Crippen molar-refractivity contribution in [3.8, 4) is 0 Å². The summed E-state index contributed by atoms with van der Waals surface area (Å²) in [4.78, 5) is 26.8. The van der Waals surface area contributed by atoms with E-state index in [0.29, 0.717) is 25.5 Å². The minimum atomic E-state index is -0.386. The van der Waals surface area contributed by atoms with Crippen molar-refractivity contribution in [2.24, 2.45) is 11.8 Å². The zero-order chi connectivity index (χ0) is 16.0. The summed E-state index contributed by atoms with van der Waals surface area (Å²) in [6, 6.07) is -0.710. The molecule has 2 unspecified atom stereocenters. The second-order valence-electron chi connectivity index (χ2n) is 6.61. The van der Waals surface area contributed by atoms with Gasteiger partial charge in [0.15, 0.2) is 0 Å². The van der Waals surface area contributed by atoms with E-state index in [1.54, 1.807) is 12.0 Å². The van der Waals surface area contributed by atoms with Gasteiger partial charge in [-0.15, -0.1) is 0 Å². The van der Waals surface area contributed by atoms with Gasteiger partial charge >= 0.3 is 0 Å². The van der Waals surface area contributed by atoms with Gasteiger partial charge in [0.25, 0.3) is 0 Å². The summed E-state index contributed by atoms with van der Waals surface area (Å²) < 4.78 is 5.05. The van der Waals surface area contributed by atoms with Gasteiger partial charge in [-0.3, -0.25) is 9.59 Å². The Morgan fingerprint density at radius 1 is 1.19 bits per heavy atom. The van der Waals surface area contributed by atoms with Crippen LogP contribution in [0.1, 0.15) is 47.0 Å². The Morgan fingerprint density at radius 2 is 1.86 bits per heavy atom. The van der Waals surface area contributed by atoms with Crippen molar-refractivity contribution < 1.29 is 14.3 Å². The number of nitrogens with zero attached hydrogens (tertiary/aromatic N) is 1. The lowest BCUT2D eigenvalue weighted by Crippen LogP contribution is -2.65. The largest absolute Gasteiger partial charge is 0.385 e. The highest BCUT2D eigenvalue weighted by Gasteiger charge is 2.41. The van der Waals surface area contributed by atoms with E-state index in [1.807, 2.05) is 13.8 Å². The molecule has 0 aromatic rings. The third-order valence-electron chi connectivity index (χ3n) is 3.88. The van der Waals surface area contributed by atoms with E-state index in [2.05, 4.69) is 19.2 Å². The molecular weight excluding hydrogens is 268 g/mol. The van der Waals surface area contributed by atoms with Crippen LogP contribution in [0.5, 0.6) is 0 Å². The summed E-state index contributed by atoms with van der Waals surface area (Å²) in [5.41, 5.74) is 0. The number of amides is 2. The van der Waals surface area contributed by atoms with Gasteiger partial charge in [0.2, 0.25) is 11.8 Å². The van der Waals surface area contributed by atoms with E-state index in [4.69, 9.17) is 4.74 Å². The first-order valence-corrected chi connectivity index (χ1v) is 7.98. The zero-order valence-corrected chi connectivity index (χ0v) is 14.0. The SMILES string of the molecule is COCCCCN1C(=O)C(C(C)C)NC(=O)C1CC(C)C. The molecule has 1 aliphatic heterocycles. The molecule has 1 aliphatic rings. The second kappa shape index (κ2) is 8.37. The van der Waals surface area contributed by atoms with Crippen LogP contribution in [0.25, 0.3) is 0 Å². The standard InChI is InChI=1S/C16H30N2O3/c1-11(2)10-13-15(19)17-14(12(3)4)16(20)18(13)8-6-7-9-21-5/h11-14H,6-10H2,1-5H3,(H,17,19). The van der Waals surface area contributed by atoms with Gasteiger partial charge in [-0.25, -0.2) is 0 Å². The molecule has 5 nitrogen and oxygen atoms in total. The normalized spacial score (nSPS) is 23.1. The van der Waals surface area contributed by atoms with Gasteiger partial charge in [0, 0.05) is 20.3 Å². The van der Waals surface area contributed by atoms with E-state index in [-0.39, 0.29) is 29.8 Å². The Hall–Kier alpha value is -1.10. The van der Waals surface area contributed by atoms with Crippen molar-refractivity contribution >= 4 is 11.8 Å². The number of piperazine rings is 1. The minimum Gasteiger partial charge on any atom is -0.385 e.